The summed E-state index contributed by atoms with van der Waals surface area (Å²) in [5.74, 6) is 0. The molecule has 1 heterocycles. The van der Waals surface area contributed by atoms with E-state index >= 15 is 0 Å². The monoisotopic (exact) mass is 547 g/mol. The number of H-pyrrole nitrogens is 1. The molecular weight excluding hydrogens is 370 g/mol. The Morgan fingerprint density at radius 3 is 2.46 bits per heavy atom. The van der Waals surface area contributed by atoms with E-state index in [2.05, 4.69) is 43.9 Å². The van der Waals surface area contributed by atoms with E-state index in [0.717, 1.165) is 39.4 Å². The van der Waals surface area contributed by atoms with E-state index in [1.165, 1.54) is 12.6 Å². The summed E-state index contributed by atoms with van der Waals surface area (Å²) in [7, 11) is -0.0732. The Hall–Kier alpha value is -1.37. The second-order valence-electron chi connectivity index (χ2n) is 8.77. The molecule has 6 heteroatoms. The van der Waals surface area contributed by atoms with Gasteiger partial charge in [0.05, 0.1) is 5.25 Å². The van der Waals surface area contributed by atoms with E-state index in [0.29, 0.717) is 0 Å². The molecule has 1 atom stereocenters. The van der Waals surface area contributed by atoms with Gasteiger partial charge in [-0.15, -0.1) is 0 Å². The SMILES string of the molecule is [2H]C(C)(C)N(C)S(=O)(=O)C(C)c1cc2c(C(C)(C)CN(C)CC)c[nH]c2cc1C.[2H][2H].[2H][2H].[2H][2H].[2H][2H].[2H][2H].[2H][2H].[2H][2H].[2H][2H].[2H][2H].[2H][2H].[HH].[HH].[HH].[HH].[HH].[HH].[HH].[HH].[HH].[HH].[HH].[HH].[HH].[HH].[HH].[HH].[HH].[HH].[HH].[HH].[HH].[HH].[HH].[HH].[HH].[HH].[HH].[HH].[HH].[HH].[HH].[HH].[HH].[HH].[HH].[HH].[HH].[HH].[HH].[HH].[HH].[HH].[HH].[HH].[HH].[HH].[HH].[HH].[HH]. The molecule has 1 N–H and O–H groups in total. The predicted octanol–water partition coefficient (Wildman–Crippen LogP) is 19.0. The molecule has 0 aliphatic carbocycles. The highest BCUT2D eigenvalue weighted by molar-refractivity contribution is 7.89. The topological polar surface area (TPSA) is 56.4 Å². The molecule has 1 aromatic carbocycles. The molecule has 5 nitrogen and oxygen atoms in total. The van der Waals surface area contributed by atoms with Gasteiger partial charge in [0, 0.05) is 143 Å². The summed E-state index contributed by atoms with van der Waals surface area (Å²) >= 11 is 0. The molecule has 0 saturated carbocycles. The molecule has 0 saturated heterocycles. The Kier molecular flexibility index (Phi) is 3.42. The van der Waals surface area contributed by atoms with Crippen LogP contribution in [0.2, 0.25) is 0 Å². The third kappa shape index (κ3) is 4.29. The molecule has 0 amide bonds. The van der Waals surface area contributed by atoms with Gasteiger partial charge in [-0.3, -0.25) is 0 Å². The maximum Gasteiger partial charge on any atom is 0.220 e. The third-order valence-electron chi connectivity index (χ3n) is 5.90. The van der Waals surface area contributed by atoms with Gasteiger partial charge in [-0.05, 0) is 70.1 Å². The summed E-state index contributed by atoms with van der Waals surface area (Å²) < 4.78 is 136. The maximum atomic E-state index is 13.2. The smallest absolute Gasteiger partial charge is 0.220 e. The van der Waals surface area contributed by atoms with Gasteiger partial charge in [0.1, 0.15) is 0 Å². The summed E-state index contributed by atoms with van der Waals surface area (Å²) in [6.07, 6.45) is 2.05. The molecule has 1 aromatic heterocycles. The Bertz CT molecular complexity index is 1050. The molecular formula is C22H155N3O2S. The van der Waals surface area contributed by atoms with Crippen molar-refractivity contribution in [3.05, 3.63) is 35.0 Å². The van der Waals surface area contributed by atoms with Crippen LogP contribution in [0.25, 0.3) is 10.9 Å². The van der Waals surface area contributed by atoms with Crippen LogP contribution >= 0.6 is 0 Å². The zero-order chi connectivity index (χ0) is 42.4. The molecule has 0 spiro atoms. The average Bonchev–Trinajstić information content (AvgIpc) is 3.58. The summed E-state index contributed by atoms with van der Waals surface area (Å²) in [6, 6.07) is 2.85. The number of rotatable bonds is 8. The second kappa shape index (κ2) is 8.17. The molecule has 0 aliphatic rings. The number of aromatic nitrogens is 1. The van der Waals surface area contributed by atoms with Crippen molar-refractivity contribution in [2.45, 2.75) is 65.1 Å². The number of nitrogens with zero attached hydrogens (tertiary/aromatic N) is 2. The number of hydrogen-bond donors (Lipinski definition) is 1. The summed E-state index contributed by atoms with van der Waals surface area (Å²) in [6.45, 7) is 15.3. The van der Waals surface area contributed by atoms with Crippen molar-refractivity contribution < 1.29 is 109 Å². The molecule has 0 aliphatic heterocycles. The lowest BCUT2D eigenvalue weighted by atomic mass is 9.83. The Morgan fingerprint density at radius 2 is 1.93 bits per heavy atom. The Labute approximate surface area is 276 Å². The minimum Gasteiger partial charge on any atom is -0.361 e. The molecule has 1 unspecified atom stereocenters. The zero-order valence-corrected chi connectivity index (χ0v) is 19.7. The van der Waals surface area contributed by atoms with Crippen LogP contribution in [-0.4, -0.2) is 55.8 Å². The molecule has 276 valence electrons. The fourth-order valence-electron chi connectivity index (χ4n) is 3.82. The number of benzene rings is 1. The van der Waals surface area contributed by atoms with E-state index in [1.807, 2.05) is 19.1 Å². The Morgan fingerprint density at radius 1 is 1.32 bits per heavy atom. The highest BCUT2D eigenvalue weighted by Crippen LogP contribution is 2.36. The standard InChI is InChI=1S/C22H37N3O2S.59H2/c1-10-24(8)14-22(6,7)20-13-23-21-11-16(4)18(12-19(20)21)17(5)28(26,27)25(9)15(2)3;;;;;;;;;;;;;;;;;;;;;;;;;;;;;;;;;;;;;;;;;;;;;;;;;;;;;;;;;;;/h11-13,15,17,23H,10,14H2,1-9H3;59*1H/i15D;10*1+1D;;;;;;;;;;;;;;;;;;;;;;;;;;;;;;;;;;;;;;;;;;;;;;;;;. The number of aromatic amines is 1. The molecule has 0 radical (unpaired) electrons. The highest BCUT2D eigenvalue weighted by Gasteiger charge is 2.31. The first kappa shape index (κ1) is 11.7. The first-order valence-electron chi connectivity index (χ1n) is 20.4. The largest absolute Gasteiger partial charge is 0.361 e. The second-order valence-corrected chi connectivity index (χ2v) is 11.1. The maximum absolute atomic E-state index is 13.2. The number of hydrogen-bond acceptors (Lipinski definition) is 3. The molecule has 0 fully saturated rings. The van der Waals surface area contributed by atoms with Gasteiger partial charge in [-0.1, -0.05) is 20.8 Å². The van der Waals surface area contributed by atoms with Crippen molar-refractivity contribution in [2.75, 3.05) is 27.2 Å². The minimum atomic E-state index is -3.67. The summed E-state index contributed by atoms with van der Waals surface area (Å²) in [4.78, 5) is 5.65. The van der Waals surface area contributed by atoms with E-state index in [1.54, 1.807) is 20.8 Å². The van der Waals surface area contributed by atoms with Crippen molar-refractivity contribution in [2.24, 2.45) is 0 Å². The number of likely N-dealkylation sites (N-methyl/N-ethyl adjacent to an activating group) is 1. The zero-order valence-electron chi connectivity index (χ0n) is 39.8. The summed E-state index contributed by atoms with van der Waals surface area (Å²) in [5.41, 5.74) is 3.84. The van der Waals surface area contributed by atoms with Crippen LogP contribution in [0, 0.1) is 6.92 Å². The lowest BCUT2D eigenvalue weighted by Gasteiger charge is -2.30. The predicted molar refractivity (Wildman–Crippen MR) is 244 cm³/mol. The van der Waals surface area contributed by atoms with Crippen molar-refractivity contribution in [3.63, 3.8) is 0 Å². The van der Waals surface area contributed by atoms with Crippen LogP contribution in [0.15, 0.2) is 18.3 Å². The van der Waals surface area contributed by atoms with Crippen LogP contribution in [0.5, 0.6) is 0 Å². The van der Waals surface area contributed by atoms with Gasteiger partial charge in [-0.2, -0.15) is 0 Å². The molecule has 2 rings (SSSR count). The Balaban J connectivity index is -0.00000000385. The van der Waals surface area contributed by atoms with Gasteiger partial charge < -0.3 is 9.88 Å². The van der Waals surface area contributed by atoms with E-state index in [9.17, 15) is 8.42 Å². The van der Waals surface area contributed by atoms with Gasteiger partial charge in [-0.25, -0.2) is 12.7 Å². The average molecular weight is 548 g/mol. The van der Waals surface area contributed by atoms with Crippen LogP contribution in [0.3, 0.4) is 0 Å². The lowest BCUT2D eigenvalue weighted by molar-refractivity contribution is 0.281. The van der Waals surface area contributed by atoms with E-state index < -0.39 is 21.3 Å². The highest BCUT2D eigenvalue weighted by atomic mass is 32.2. The van der Waals surface area contributed by atoms with Crippen molar-refractivity contribution in [1.82, 2.24) is 14.2 Å². The van der Waals surface area contributed by atoms with Crippen LogP contribution in [0.4, 0.5) is 0 Å². The van der Waals surface area contributed by atoms with Crippen LogP contribution < -0.4 is 0 Å². The molecule has 0 bridgehead atoms. The molecule has 28 heavy (non-hydrogen) atoms. The van der Waals surface area contributed by atoms with E-state index in [4.69, 9.17) is 31.1 Å². The summed E-state index contributed by atoms with van der Waals surface area (Å²) in [5, 5.41) is 0.334. The number of aryl methyl sites for hydroxylation is 1. The van der Waals surface area contributed by atoms with Crippen molar-refractivity contribution in [1.29, 1.82) is 0 Å². The van der Waals surface area contributed by atoms with Crippen LogP contribution in [-0.2, 0) is 15.4 Å². The first-order chi connectivity index (χ1) is 23.1. The number of nitrogens with one attached hydrogen (secondary N) is 1. The fraction of sp³-hybridized carbons (Fsp3) is 0.636. The minimum absolute atomic E-state index is 0. The number of fused-ring (bicyclic) bond motifs is 1. The van der Waals surface area contributed by atoms with Crippen LogP contribution in [0.1, 0.15) is 164 Å². The van der Waals surface area contributed by atoms with Crippen molar-refractivity contribution >= 4 is 20.9 Å². The quantitative estimate of drug-likeness (QED) is 0.357. The first-order valence-corrected chi connectivity index (χ1v) is 11.4. The third-order valence-corrected chi connectivity index (χ3v) is 8.17. The number of sulfonamides is 1. The van der Waals surface area contributed by atoms with Gasteiger partial charge in [0.15, 0.2) is 0 Å². The van der Waals surface area contributed by atoms with E-state index in [-0.39, 0.29) is 75.3 Å². The lowest BCUT2D eigenvalue weighted by Crippen LogP contribution is -2.36. The van der Waals surface area contributed by atoms with Crippen molar-refractivity contribution in [3.8, 4) is 0 Å². The van der Waals surface area contributed by atoms with Gasteiger partial charge in [0.2, 0.25) is 10.0 Å². The van der Waals surface area contributed by atoms with Gasteiger partial charge >= 0.3 is 0 Å². The normalized spacial score (nSPS) is 18.3. The fourth-order valence-corrected chi connectivity index (χ4v) is 5.37. The molecule has 2 aromatic rings. The van der Waals surface area contributed by atoms with Gasteiger partial charge in [0.25, 0.3) is 0 Å².